The Hall–Kier alpha value is -0.850. The van der Waals surface area contributed by atoms with Crippen molar-refractivity contribution in [2.75, 3.05) is 0 Å². The topological polar surface area (TPSA) is 17.1 Å². The van der Waals surface area contributed by atoms with Crippen LogP contribution in [0.4, 0.5) is 0 Å². The number of allylic oxidation sites excluding steroid dienone is 3. The molecule has 0 radical (unpaired) electrons. The molecule has 0 aromatic rings. The van der Waals surface area contributed by atoms with Gasteiger partial charge >= 0.3 is 0 Å². The summed E-state index contributed by atoms with van der Waals surface area (Å²) >= 11 is 0. The number of ketones is 1. The molecule has 1 atom stereocenters. The van der Waals surface area contributed by atoms with Crippen LogP contribution in [0, 0.1) is 5.92 Å². The molecule has 1 heteroatoms. The lowest BCUT2D eigenvalue weighted by Gasteiger charge is -1.91. The minimum atomic E-state index is 0.218. The Morgan fingerprint density at radius 3 is 2.88 bits per heavy atom. The predicted molar refractivity (Wildman–Crippen MR) is 32.5 cm³/mol. The second-order valence-corrected chi connectivity index (χ2v) is 1.93. The van der Waals surface area contributed by atoms with E-state index in [9.17, 15) is 4.79 Å². The zero-order valence-electron chi connectivity index (χ0n) is 4.63. The maximum Gasteiger partial charge on any atom is 0.156 e. The van der Waals surface area contributed by atoms with Gasteiger partial charge in [-0.05, 0) is 6.08 Å². The third-order valence-corrected chi connectivity index (χ3v) is 1.27. The zero-order chi connectivity index (χ0) is 5.98. The van der Waals surface area contributed by atoms with Crippen molar-refractivity contribution in [3.8, 4) is 0 Å². The summed E-state index contributed by atoms with van der Waals surface area (Å²) in [6.45, 7) is 3.57. The van der Waals surface area contributed by atoms with Gasteiger partial charge in [-0.2, -0.15) is 0 Å². The van der Waals surface area contributed by atoms with Crippen molar-refractivity contribution in [2.24, 2.45) is 5.92 Å². The fourth-order valence-electron chi connectivity index (χ4n) is 0.761. The second kappa shape index (κ2) is 1.95. The summed E-state index contributed by atoms with van der Waals surface area (Å²) in [4.78, 5) is 10.5. The van der Waals surface area contributed by atoms with Crippen molar-refractivity contribution in [3.05, 3.63) is 24.8 Å². The van der Waals surface area contributed by atoms with Gasteiger partial charge in [-0.3, -0.25) is 4.79 Å². The minimum Gasteiger partial charge on any atom is -0.295 e. The fraction of sp³-hybridized carbons (Fsp3) is 0.286. The first kappa shape index (κ1) is 5.29. The van der Waals surface area contributed by atoms with Gasteiger partial charge < -0.3 is 0 Å². The number of carbonyl (C=O) groups is 1. The van der Waals surface area contributed by atoms with Crippen LogP contribution < -0.4 is 0 Å². The molecule has 1 nitrogen and oxygen atoms in total. The standard InChI is InChI=1S/C7H8O/c1-2-6-3-4-7(8)5-6/h2-4,6H,1,5H2. The lowest BCUT2D eigenvalue weighted by Crippen LogP contribution is -1.90. The minimum absolute atomic E-state index is 0.218. The highest BCUT2D eigenvalue weighted by Gasteiger charge is 2.10. The van der Waals surface area contributed by atoms with Crippen molar-refractivity contribution >= 4 is 5.78 Å². The number of rotatable bonds is 1. The van der Waals surface area contributed by atoms with Crippen molar-refractivity contribution in [1.29, 1.82) is 0 Å². The third kappa shape index (κ3) is 0.861. The van der Waals surface area contributed by atoms with Gasteiger partial charge in [0.15, 0.2) is 5.78 Å². The first-order chi connectivity index (χ1) is 3.83. The summed E-state index contributed by atoms with van der Waals surface area (Å²) < 4.78 is 0. The average Bonchev–Trinajstić information content (AvgIpc) is 2.14. The molecule has 1 rings (SSSR count). The highest BCUT2D eigenvalue weighted by molar-refractivity contribution is 5.92. The molecule has 0 N–H and O–H groups in total. The number of carbonyl (C=O) groups excluding carboxylic acids is 1. The van der Waals surface area contributed by atoms with Gasteiger partial charge in [0.2, 0.25) is 0 Å². The van der Waals surface area contributed by atoms with Gasteiger partial charge in [-0.1, -0.05) is 12.2 Å². The molecule has 0 bridgehead atoms. The lowest BCUT2D eigenvalue weighted by molar-refractivity contribution is -0.114. The highest BCUT2D eigenvalue weighted by atomic mass is 16.1. The summed E-state index contributed by atoms with van der Waals surface area (Å²) in [6, 6.07) is 0. The van der Waals surface area contributed by atoms with Crippen LogP contribution in [-0.2, 0) is 4.79 Å². The molecular weight excluding hydrogens is 100 g/mol. The van der Waals surface area contributed by atoms with E-state index >= 15 is 0 Å². The molecular formula is C7H8O. The van der Waals surface area contributed by atoms with Crippen LogP contribution in [0.15, 0.2) is 24.8 Å². The van der Waals surface area contributed by atoms with Crippen molar-refractivity contribution in [1.82, 2.24) is 0 Å². The van der Waals surface area contributed by atoms with Crippen LogP contribution in [0.2, 0.25) is 0 Å². The highest BCUT2D eigenvalue weighted by Crippen LogP contribution is 2.13. The molecule has 1 unspecified atom stereocenters. The molecule has 1 aliphatic carbocycles. The normalized spacial score (nSPS) is 26.5. The Kier molecular flexibility index (Phi) is 1.29. The average molecular weight is 108 g/mol. The molecule has 0 spiro atoms. The van der Waals surface area contributed by atoms with Gasteiger partial charge in [0.05, 0.1) is 0 Å². The van der Waals surface area contributed by atoms with Crippen LogP contribution in [0.3, 0.4) is 0 Å². The Morgan fingerprint density at radius 2 is 2.62 bits per heavy atom. The molecule has 8 heavy (non-hydrogen) atoms. The van der Waals surface area contributed by atoms with Gasteiger partial charge in [0.1, 0.15) is 0 Å². The van der Waals surface area contributed by atoms with E-state index in [0.29, 0.717) is 12.3 Å². The maximum atomic E-state index is 10.5. The predicted octanol–water partition coefficient (Wildman–Crippen LogP) is 1.32. The zero-order valence-corrected chi connectivity index (χ0v) is 4.63. The fourth-order valence-corrected chi connectivity index (χ4v) is 0.761. The first-order valence-electron chi connectivity index (χ1n) is 2.66. The molecule has 0 amide bonds. The van der Waals surface area contributed by atoms with E-state index in [0.717, 1.165) is 0 Å². The van der Waals surface area contributed by atoms with E-state index in [1.54, 1.807) is 12.2 Å². The Morgan fingerprint density at radius 1 is 1.88 bits per heavy atom. The SMILES string of the molecule is C=CC1C=CC(=O)C1. The van der Waals surface area contributed by atoms with Crippen LogP contribution in [-0.4, -0.2) is 5.78 Å². The summed E-state index contributed by atoms with van der Waals surface area (Å²) in [7, 11) is 0. The summed E-state index contributed by atoms with van der Waals surface area (Å²) in [5.41, 5.74) is 0. The van der Waals surface area contributed by atoms with Crippen molar-refractivity contribution in [3.63, 3.8) is 0 Å². The third-order valence-electron chi connectivity index (χ3n) is 1.27. The van der Waals surface area contributed by atoms with E-state index in [2.05, 4.69) is 6.58 Å². The van der Waals surface area contributed by atoms with Gasteiger partial charge in [-0.15, -0.1) is 6.58 Å². The smallest absolute Gasteiger partial charge is 0.156 e. The molecule has 42 valence electrons. The van der Waals surface area contributed by atoms with Crippen LogP contribution in [0.5, 0.6) is 0 Å². The molecule has 0 aliphatic heterocycles. The van der Waals surface area contributed by atoms with Crippen molar-refractivity contribution in [2.45, 2.75) is 6.42 Å². The van der Waals surface area contributed by atoms with Gasteiger partial charge in [0.25, 0.3) is 0 Å². The van der Waals surface area contributed by atoms with E-state index in [1.165, 1.54) is 0 Å². The largest absolute Gasteiger partial charge is 0.295 e. The summed E-state index contributed by atoms with van der Waals surface area (Å²) in [6.07, 6.45) is 5.92. The molecule has 1 aliphatic rings. The van der Waals surface area contributed by atoms with Gasteiger partial charge in [0, 0.05) is 12.3 Å². The molecule has 0 aromatic carbocycles. The maximum absolute atomic E-state index is 10.5. The quantitative estimate of drug-likeness (QED) is 0.463. The molecule has 0 aromatic heterocycles. The van der Waals surface area contributed by atoms with Crippen molar-refractivity contribution < 1.29 is 4.79 Å². The molecule has 0 saturated carbocycles. The Balaban J connectivity index is 2.58. The lowest BCUT2D eigenvalue weighted by atomic mass is 10.1. The molecule has 0 heterocycles. The first-order valence-corrected chi connectivity index (χ1v) is 2.66. The van der Waals surface area contributed by atoms with Crippen LogP contribution in [0.1, 0.15) is 6.42 Å². The van der Waals surface area contributed by atoms with E-state index in [1.807, 2.05) is 6.08 Å². The Bertz CT molecular complexity index is 144. The number of hydrogen-bond acceptors (Lipinski definition) is 1. The molecule has 0 saturated heterocycles. The Labute approximate surface area is 48.7 Å². The van der Waals surface area contributed by atoms with Crippen LogP contribution >= 0.6 is 0 Å². The number of hydrogen-bond donors (Lipinski definition) is 0. The monoisotopic (exact) mass is 108 g/mol. The van der Waals surface area contributed by atoms with E-state index < -0.39 is 0 Å². The summed E-state index contributed by atoms with van der Waals surface area (Å²) in [5, 5.41) is 0. The summed E-state index contributed by atoms with van der Waals surface area (Å²) in [5.74, 6) is 0.525. The van der Waals surface area contributed by atoms with E-state index in [-0.39, 0.29) is 5.78 Å². The molecule has 0 fully saturated rings. The second-order valence-electron chi connectivity index (χ2n) is 1.93. The van der Waals surface area contributed by atoms with Gasteiger partial charge in [-0.25, -0.2) is 0 Å². The van der Waals surface area contributed by atoms with Crippen LogP contribution in [0.25, 0.3) is 0 Å². The van der Waals surface area contributed by atoms with E-state index in [4.69, 9.17) is 0 Å².